The maximum Gasteiger partial charge on any atom is 0.399 e. The molecule has 0 saturated heterocycles. The fourth-order valence-electron chi connectivity index (χ4n) is 1.16. The Morgan fingerprint density at radius 2 is 2.27 bits per heavy atom. The average Bonchev–Trinajstić information content (AvgIpc) is 2.57. The molecule has 0 amide bonds. The Kier molecular flexibility index (Phi) is 2.73. The van der Waals surface area contributed by atoms with Crippen LogP contribution in [0.3, 0.4) is 0 Å². The van der Waals surface area contributed by atoms with Gasteiger partial charge in [-0.25, -0.2) is 0 Å². The van der Waals surface area contributed by atoms with Gasteiger partial charge in [0.1, 0.15) is 5.52 Å². The predicted molar refractivity (Wildman–Crippen MR) is 50.2 cm³/mol. The smallest absolute Gasteiger partial charge is 0.399 e. The van der Waals surface area contributed by atoms with Crippen molar-refractivity contribution in [3.8, 4) is 6.08 Å². The number of fused-ring (bicyclic) bond motifs is 1. The van der Waals surface area contributed by atoms with Crippen molar-refractivity contribution in [2.45, 2.75) is 12.5 Å². The molecule has 1 aromatic heterocycles. The van der Waals surface area contributed by atoms with Crippen LogP contribution in [0.2, 0.25) is 0 Å². The second-order valence-corrected chi connectivity index (χ2v) is 3.06. The van der Waals surface area contributed by atoms with E-state index in [0.717, 1.165) is 5.56 Å². The fraction of sp³-hybridized carbons (Fsp3) is 0.222. The third kappa shape index (κ3) is 2.18. The number of alkyl halides is 3. The van der Waals surface area contributed by atoms with Crippen molar-refractivity contribution < 1.29 is 17.9 Å². The number of benzene rings is 1. The Morgan fingerprint density at radius 3 is 2.93 bits per heavy atom. The van der Waals surface area contributed by atoms with Gasteiger partial charge in [-0.05, 0) is 17.7 Å². The summed E-state index contributed by atoms with van der Waals surface area (Å²) in [4.78, 5) is 3.73. The standard InChI is InChI=1S/C9H6ClF2NO2/c10-4-5-1-2-7-6(3-5)13-9(14-7)15-8(11)12/h1-3,8H,4H2. The van der Waals surface area contributed by atoms with Crippen molar-refractivity contribution in [1.29, 1.82) is 0 Å². The quantitative estimate of drug-likeness (QED) is 0.764. The molecule has 0 N–H and O–H groups in total. The molecule has 0 saturated carbocycles. The fourth-order valence-corrected chi connectivity index (χ4v) is 1.33. The Bertz CT molecular complexity index is 472. The summed E-state index contributed by atoms with van der Waals surface area (Å²) in [6.45, 7) is -2.94. The van der Waals surface area contributed by atoms with Crippen LogP contribution in [-0.2, 0) is 5.88 Å². The van der Waals surface area contributed by atoms with Crippen LogP contribution in [0.15, 0.2) is 22.6 Å². The number of rotatable bonds is 3. The normalized spacial score (nSPS) is 11.2. The van der Waals surface area contributed by atoms with Gasteiger partial charge >= 0.3 is 12.7 Å². The van der Waals surface area contributed by atoms with Crippen LogP contribution in [0.1, 0.15) is 5.56 Å². The van der Waals surface area contributed by atoms with Crippen LogP contribution in [0, 0.1) is 0 Å². The van der Waals surface area contributed by atoms with E-state index in [0.29, 0.717) is 17.0 Å². The van der Waals surface area contributed by atoms with Gasteiger partial charge in [-0.15, -0.1) is 11.6 Å². The molecule has 0 atom stereocenters. The summed E-state index contributed by atoms with van der Waals surface area (Å²) in [6.07, 6.45) is -0.438. The molecule has 2 aromatic rings. The summed E-state index contributed by atoms with van der Waals surface area (Å²) in [6, 6.07) is 5.00. The minimum Gasteiger partial charge on any atom is -0.409 e. The van der Waals surface area contributed by atoms with E-state index in [4.69, 9.17) is 16.0 Å². The number of oxazole rings is 1. The summed E-state index contributed by atoms with van der Waals surface area (Å²) < 4.78 is 32.7. The van der Waals surface area contributed by atoms with Crippen LogP contribution >= 0.6 is 11.6 Å². The molecule has 0 fully saturated rings. The third-order valence-corrected chi connectivity index (χ3v) is 2.09. The lowest BCUT2D eigenvalue weighted by Crippen LogP contribution is -2.01. The van der Waals surface area contributed by atoms with E-state index in [2.05, 4.69) is 9.72 Å². The SMILES string of the molecule is FC(F)Oc1nc2cc(CCl)ccc2o1. The maximum absolute atomic E-state index is 11.9. The molecule has 0 aliphatic heterocycles. The van der Waals surface area contributed by atoms with Crippen molar-refractivity contribution >= 4 is 22.7 Å². The highest BCUT2D eigenvalue weighted by molar-refractivity contribution is 6.17. The molecule has 0 radical (unpaired) electrons. The predicted octanol–water partition coefficient (Wildman–Crippen LogP) is 3.17. The second kappa shape index (κ2) is 4.02. The third-order valence-electron chi connectivity index (χ3n) is 1.78. The molecule has 0 aliphatic rings. The first-order valence-corrected chi connectivity index (χ1v) is 4.63. The van der Waals surface area contributed by atoms with Crippen molar-refractivity contribution in [2.24, 2.45) is 0 Å². The van der Waals surface area contributed by atoms with Gasteiger partial charge in [0.15, 0.2) is 5.58 Å². The number of halogens is 3. The minimum atomic E-state index is -2.94. The first-order valence-electron chi connectivity index (χ1n) is 4.09. The summed E-state index contributed by atoms with van der Waals surface area (Å²) in [5, 5.41) is 0. The zero-order chi connectivity index (χ0) is 10.8. The Labute approximate surface area is 88.6 Å². The van der Waals surface area contributed by atoms with Crippen LogP contribution in [0.5, 0.6) is 6.08 Å². The van der Waals surface area contributed by atoms with Gasteiger partial charge in [-0.3, -0.25) is 0 Å². The zero-order valence-corrected chi connectivity index (χ0v) is 8.17. The Hall–Kier alpha value is -1.36. The second-order valence-electron chi connectivity index (χ2n) is 2.79. The lowest BCUT2D eigenvalue weighted by molar-refractivity contribution is -0.0664. The van der Waals surface area contributed by atoms with Crippen molar-refractivity contribution in [1.82, 2.24) is 4.98 Å². The van der Waals surface area contributed by atoms with Crippen molar-refractivity contribution in [3.05, 3.63) is 23.8 Å². The lowest BCUT2D eigenvalue weighted by atomic mass is 10.2. The van der Waals surface area contributed by atoms with Gasteiger partial charge < -0.3 is 9.15 Å². The Morgan fingerprint density at radius 1 is 1.47 bits per heavy atom. The number of aromatic nitrogens is 1. The van der Waals surface area contributed by atoms with E-state index in [9.17, 15) is 8.78 Å². The highest BCUT2D eigenvalue weighted by Gasteiger charge is 2.11. The molecule has 1 aromatic carbocycles. The van der Waals surface area contributed by atoms with Gasteiger partial charge in [0.2, 0.25) is 0 Å². The van der Waals surface area contributed by atoms with Crippen molar-refractivity contribution in [3.63, 3.8) is 0 Å². The average molecular weight is 234 g/mol. The van der Waals surface area contributed by atoms with E-state index in [1.807, 2.05) is 0 Å². The monoisotopic (exact) mass is 233 g/mol. The van der Waals surface area contributed by atoms with Crippen LogP contribution in [0.4, 0.5) is 8.78 Å². The maximum atomic E-state index is 11.9. The topological polar surface area (TPSA) is 35.3 Å². The van der Waals surface area contributed by atoms with Gasteiger partial charge in [0.25, 0.3) is 0 Å². The van der Waals surface area contributed by atoms with Gasteiger partial charge in [0, 0.05) is 5.88 Å². The molecule has 15 heavy (non-hydrogen) atoms. The molecule has 6 heteroatoms. The van der Waals surface area contributed by atoms with Gasteiger partial charge in [0.05, 0.1) is 0 Å². The van der Waals surface area contributed by atoms with E-state index in [1.165, 1.54) is 0 Å². The molecule has 1 heterocycles. The van der Waals surface area contributed by atoms with Crippen LogP contribution < -0.4 is 4.74 Å². The van der Waals surface area contributed by atoms with E-state index < -0.39 is 12.7 Å². The van der Waals surface area contributed by atoms with Crippen molar-refractivity contribution in [2.75, 3.05) is 0 Å². The number of hydrogen-bond donors (Lipinski definition) is 0. The first kappa shape index (κ1) is 10.2. The number of hydrogen-bond acceptors (Lipinski definition) is 3. The number of ether oxygens (including phenoxy) is 1. The summed E-state index contributed by atoms with van der Waals surface area (Å²) >= 11 is 5.61. The molecular weight excluding hydrogens is 228 g/mol. The van der Waals surface area contributed by atoms with Crippen LogP contribution in [-0.4, -0.2) is 11.6 Å². The molecule has 0 spiro atoms. The first-order chi connectivity index (χ1) is 7.19. The van der Waals surface area contributed by atoms with E-state index in [-0.39, 0.29) is 0 Å². The molecule has 80 valence electrons. The van der Waals surface area contributed by atoms with E-state index >= 15 is 0 Å². The zero-order valence-electron chi connectivity index (χ0n) is 7.41. The minimum absolute atomic E-state index is 0.327. The largest absolute Gasteiger partial charge is 0.409 e. The number of nitrogens with zero attached hydrogens (tertiary/aromatic N) is 1. The van der Waals surface area contributed by atoms with Gasteiger partial charge in [-0.2, -0.15) is 13.8 Å². The Balaban J connectivity index is 2.37. The highest BCUT2D eigenvalue weighted by Crippen LogP contribution is 2.23. The molecule has 2 rings (SSSR count). The van der Waals surface area contributed by atoms with E-state index in [1.54, 1.807) is 18.2 Å². The molecule has 0 unspecified atom stereocenters. The molecule has 0 bridgehead atoms. The highest BCUT2D eigenvalue weighted by atomic mass is 35.5. The summed E-state index contributed by atoms with van der Waals surface area (Å²) in [7, 11) is 0. The molecule has 3 nitrogen and oxygen atoms in total. The summed E-state index contributed by atoms with van der Waals surface area (Å²) in [5.74, 6) is 0.327. The summed E-state index contributed by atoms with van der Waals surface area (Å²) in [5.41, 5.74) is 1.67. The molecule has 0 aliphatic carbocycles. The lowest BCUT2D eigenvalue weighted by Gasteiger charge is -1.94. The van der Waals surface area contributed by atoms with Gasteiger partial charge in [-0.1, -0.05) is 6.07 Å². The molecular formula is C9H6ClF2NO2. The van der Waals surface area contributed by atoms with Crippen LogP contribution in [0.25, 0.3) is 11.1 Å².